The highest BCUT2D eigenvalue weighted by molar-refractivity contribution is 5.89. The van der Waals surface area contributed by atoms with E-state index in [0.29, 0.717) is 6.04 Å². The predicted octanol–water partition coefficient (Wildman–Crippen LogP) is 4.00. The maximum atomic E-state index is 11.7. The summed E-state index contributed by atoms with van der Waals surface area (Å²) in [5, 5.41) is 5.80. The highest BCUT2D eigenvalue weighted by atomic mass is 16.2. The Hall–Kier alpha value is -2.49. The van der Waals surface area contributed by atoms with Crippen LogP contribution in [0, 0.1) is 0 Å². The highest BCUT2D eigenvalue weighted by Gasteiger charge is 2.23. The van der Waals surface area contributed by atoms with Crippen LogP contribution in [0.2, 0.25) is 0 Å². The number of rotatable bonds is 6. The number of urea groups is 1. The first-order valence-corrected chi connectivity index (χ1v) is 8.21. The van der Waals surface area contributed by atoms with Crippen LogP contribution in [0.3, 0.4) is 0 Å². The van der Waals surface area contributed by atoms with Gasteiger partial charge in [0.05, 0.1) is 0 Å². The lowest BCUT2D eigenvalue weighted by Gasteiger charge is -2.23. The van der Waals surface area contributed by atoms with Crippen molar-refractivity contribution in [1.29, 1.82) is 0 Å². The normalized spacial score (nSPS) is 13.4. The van der Waals surface area contributed by atoms with Crippen molar-refractivity contribution in [3.05, 3.63) is 60.2 Å². The molecule has 0 unspecified atom stereocenters. The highest BCUT2D eigenvalue weighted by Crippen LogP contribution is 2.21. The first-order chi connectivity index (χ1) is 11.2. The molecule has 1 aliphatic rings. The van der Waals surface area contributed by atoms with Gasteiger partial charge in [-0.25, -0.2) is 4.79 Å². The fourth-order valence-corrected chi connectivity index (χ4v) is 2.53. The molecule has 120 valence electrons. The van der Waals surface area contributed by atoms with Crippen LogP contribution in [0.15, 0.2) is 54.6 Å². The second kappa shape index (κ2) is 7.18. The molecule has 4 heteroatoms. The van der Waals surface area contributed by atoms with E-state index in [9.17, 15) is 4.79 Å². The summed E-state index contributed by atoms with van der Waals surface area (Å²) in [6.45, 7) is 3.97. The minimum absolute atomic E-state index is 0.114. The van der Waals surface area contributed by atoms with Gasteiger partial charge >= 0.3 is 6.03 Å². The molecule has 2 aromatic carbocycles. The molecule has 1 aliphatic carbocycles. The number of hydrogen-bond acceptors (Lipinski definition) is 2. The predicted molar refractivity (Wildman–Crippen MR) is 94.8 cm³/mol. The Morgan fingerprint density at radius 2 is 1.78 bits per heavy atom. The topological polar surface area (TPSA) is 44.4 Å². The summed E-state index contributed by atoms with van der Waals surface area (Å²) < 4.78 is 0. The average molecular weight is 309 g/mol. The van der Waals surface area contributed by atoms with E-state index in [0.717, 1.165) is 37.3 Å². The van der Waals surface area contributed by atoms with Crippen LogP contribution in [-0.2, 0) is 6.54 Å². The smallest absolute Gasteiger partial charge is 0.319 e. The first kappa shape index (κ1) is 15.4. The molecule has 0 atom stereocenters. The van der Waals surface area contributed by atoms with E-state index in [2.05, 4.69) is 58.9 Å². The van der Waals surface area contributed by atoms with Gasteiger partial charge in [-0.3, -0.25) is 0 Å². The molecule has 1 fully saturated rings. The summed E-state index contributed by atoms with van der Waals surface area (Å²) in [5.41, 5.74) is 3.27. The minimum atomic E-state index is -0.114. The van der Waals surface area contributed by atoms with E-state index in [1.54, 1.807) is 0 Å². The Morgan fingerprint density at radius 3 is 2.39 bits per heavy atom. The summed E-state index contributed by atoms with van der Waals surface area (Å²) in [4.78, 5) is 14.1. The maximum Gasteiger partial charge on any atom is 0.319 e. The van der Waals surface area contributed by atoms with Crippen LogP contribution in [0.25, 0.3) is 0 Å². The summed E-state index contributed by atoms with van der Waals surface area (Å²) in [6.07, 6.45) is 2.19. The SMILES string of the molecule is CCN(Cc1ccccc1)c1ccc(NC(=O)NC2CC2)cc1. The van der Waals surface area contributed by atoms with Gasteiger partial charge in [-0.15, -0.1) is 0 Å². The van der Waals surface area contributed by atoms with Gasteiger partial charge < -0.3 is 15.5 Å². The van der Waals surface area contributed by atoms with Crippen molar-refractivity contribution in [3.63, 3.8) is 0 Å². The van der Waals surface area contributed by atoms with Crippen molar-refractivity contribution >= 4 is 17.4 Å². The summed E-state index contributed by atoms with van der Waals surface area (Å²) in [5.74, 6) is 0. The third-order valence-corrected chi connectivity index (χ3v) is 4.00. The number of nitrogens with one attached hydrogen (secondary N) is 2. The molecular weight excluding hydrogens is 286 g/mol. The number of amides is 2. The quantitative estimate of drug-likeness (QED) is 0.847. The van der Waals surface area contributed by atoms with Crippen molar-refractivity contribution in [1.82, 2.24) is 5.32 Å². The standard InChI is InChI=1S/C19H23N3O/c1-2-22(14-15-6-4-3-5-7-15)18-12-10-17(11-13-18)21-19(23)20-16-8-9-16/h3-7,10-13,16H,2,8-9,14H2,1H3,(H2,20,21,23). The third kappa shape index (κ3) is 4.49. The molecule has 0 saturated heterocycles. The Labute approximate surface area is 137 Å². The van der Waals surface area contributed by atoms with E-state index in [-0.39, 0.29) is 6.03 Å². The number of carbonyl (C=O) groups excluding carboxylic acids is 1. The molecule has 0 aromatic heterocycles. The van der Waals surface area contributed by atoms with Crippen molar-refractivity contribution in [2.75, 3.05) is 16.8 Å². The largest absolute Gasteiger partial charge is 0.367 e. The second-order valence-corrected chi connectivity index (χ2v) is 5.92. The van der Waals surface area contributed by atoms with E-state index < -0.39 is 0 Å². The molecule has 2 aromatic rings. The zero-order valence-electron chi connectivity index (χ0n) is 13.5. The van der Waals surface area contributed by atoms with Crippen molar-refractivity contribution < 1.29 is 4.79 Å². The maximum absolute atomic E-state index is 11.7. The second-order valence-electron chi connectivity index (χ2n) is 5.92. The van der Waals surface area contributed by atoms with Crippen LogP contribution in [0.5, 0.6) is 0 Å². The molecule has 0 spiro atoms. The van der Waals surface area contributed by atoms with Crippen LogP contribution in [-0.4, -0.2) is 18.6 Å². The van der Waals surface area contributed by atoms with Gasteiger partial charge in [0.1, 0.15) is 0 Å². The molecule has 0 bridgehead atoms. The summed E-state index contributed by atoms with van der Waals surface area (Å²) in [6, 6.07) is 18.7. The van der Waals surface area contributed by atoms with E-state index in [4.69, 9.17) is 0 Å². The Morgan fingerprint density at radius 1 is 1.09 bits per heavy atom. The van der Waals surface area contributed by atoms with Crippen LogP contribution in [0.4, 0.5) is 16.2 Å². The number of hydrogen-bond donors (Lipinski definition) is 2. The molecule has 2 N–H and O–H groups in total. The Balaban J connectivity index is 1.61. The molecule has 2 amide bonds. The molecule has 1 saturated carbocycles. The fraction of sp³-hybridized carbons (Fsp3) is 0.316. The van der Waals surface area contributed by atoms with Crippen molar-refractivity contribution in [3.8, 4) is 0 Å². The van der Waals surface area contributed by atoms with Crippen molar-refractivity contribution in [2.45, 2.75) is 32.4 Å². The van der Waals surface area contributed by atoms with Gasteiger partial charge in [0.25, 0.3) is 0 Å². The van der Waals surface area contributed by atoms with Crippen LogP contribution >= 0.6 is 0 Å². The Kier molecular flexibility index (Phi) is 4.81. The number of nitrogens with zero attached hydrogens (tertiary/aromatic N) is 1. The van der Waals surface area contributed by atoms with Gasteiger partial charge in [-0.05, 0) is 49.6 Å². The lowest BCUT2D eigenvalue weighted by Crippen LogP contribution is -2.30. The van der Waals surface area contributed by atoms with Gasteiger partial charge in [-0.2, -0.15) is 0 Å². The first-order valence-electron chi connectivity index (χ1n) is 8.21. The Bertz CT molecular complexity index is 635. The molecule has 0 heterocycles. The number of carbonyl (C=O) groups is 1. The lowest BCUT2D eigenvalue weighted by atomic mass is 10.2. The third-order valence-electron chi connectivity index (χ3n) is 4.00. The van der Waals surface area contributed by atoms with E-state index >= 15 is 0 Å². The summed E-state index contributed by atoms with van der Waals surface area (Å²) in [7, 11) is 0. The van der Waals surface area contributed by atoms with Gasteiger partial charge in [0.2, 0.25) is 0 Å². The number of benzene rings is 2. The zero-order valence-corrected chi connectivity index (χ0v) is 13.5. The van der Waals surface area contributed by atoms with Crippen LogP contribution in [0.1, 0.15) is 25.3 Å². The molecule has 4 nitrogen and oxygen atoms in total. The molecule has 0 aliphatic heterocycles. The van der Waals surface area contributed by atoms with E-state index in [1.807, 2.05) is 18.2 Å². The molecule has 3 rings (SSSR count). The van der Waals surface area contributed by atoms with Gasteiger partial charge in [0, 0.05) is 30.5 Å². The van der Waals surface area contributed by atoms with E-state index in [1.165, 1.54) is 5.56 Å². The lowest BCUT2D eigenvalue weighted by molar-refractivity contribution is 0.251. The fourth-order valence-electron chi connectivity index (χ4n) is 2.53. The zero-order chi connectivity index (χ0) is 16.1. The monoisotopic (exact) mass is 309 g/mol. The average Bonchev–Trinajstić information content (AvgIpc) is 3.38. The minimum Gasteiger partial charge on any atom is -0.367 e. The number of anilines is 2. The van der Waals surface area contributed by atoms with Crippen molar-refractivity contribution in [2.24, 2.45) is 0 Å². The van der Waals surface area contributed by atoms with Gasteiger partial charge in [-0.1, -0.05) is 30.3 Å². The molecular formula is C19H23N3O. The van der Waals surface area contributed by atoms with Gasteiger partial charge in [0.15, 0.2) is 0 Å². The molecule has 0 radical (unpaired) electrons. The summed E-state index contributed by atoms with van der Waals surface area (Å²) >= 11 is 0. The van der Waals surface area contributed by atoms with Crippen LogP contribution < -0.4 is 15.5 Å². The molecule has 23 heavy (non-hydrogen) atoms.